The summed E-state index contributed by atoms with van der Waals surface area (Å²) < 4.78 is 5.15. The van der Waals surface area contributed by atoms with Gasteiger partial charge in [-0.05, 0) is 35.7 Å². The molecule has 0 saturated heterocycles. The van der Waals surface area contributed by atoms with Crippen LogP contribution in [-0.2, 0) is 0 Å². The van der Waals surface area contributed by atoms with Crippen LogP contribution in [0.15, 0.2) is 36.4 Å². The zero-order chi connectivity index (χ0) is 9.26. The molecule has 2 aliphatic rings. The van der Waals surface area contributed by atoms with Crippen molar-refractivity contribution >= 4 is 0 Å². The minimum Gasteiger partial charge on any atom is -0.497 e. The molecule has 0 N–H and O–H groups in total. The Balaban J connectivity index is 2.62. The maximum atomic E-state index is 5.15. The summed E-state index contributed by atoms with van der Waals surface area (Å²) in [6, 6.07) is 12.4. The second-order valence-electron chi connectivity index (χ2n) is 3.16. The second kappa shape index (κ2) is 3.09. The highest BCUT2D eigenvalue weighted by molar-refractivity contribution is 5.70. The van der Waals surface area contributed by atoms with Crippen LogP contribution in [0.3, 0.4) is 0 Å². The molecule has 1 heteroatoms. The monoisotopic (exact) mass is 172 g/mol. The molecule has 0 bridgehead atoms. The fraction of sp³-hybridized carbons (Fsp3) is 0.167. The molecule has 0 aromatic rings. The van der Waals surface area contributed by atoms with Gasteiger partial charge in [0.25, 0.3) is 0 Å². The van der Waals surface area contributed by atoms with E-state index in [1.165, 1.54) is 16.7 Å². The van der Waals surface area contributed by atoms with Gasteiger partial charge in [0, 0.05) is 0 Å². The van der Waals surface area contributed by atoms with Gasteiger partial charge in [0.1, 0.15) is 5.75 Å². The molecular formula is C12H12O. The van der Waals surface area contributed by atoms with Crippen LogP contribution in [-0.4, -0.2) is 7.11 Å². The highest BCUT2D eigenvalue weighted by atomic mass is 16.5. The number of fused-ring (bicyclic) bond motifs is 1. The fourth-order valence-corrected chi connectivity index (χ4v) is 1.52. The van der Waals surface area contributed by atoms with Crippen molar-refractivity contribution in [1.29, 1.82) is 0 Å². The Bertz CT molecular complexity index is 393. The molecule has 2 aliphatic carbocycles. The zero-order valence-corrected chi connectivity index (χ0v) is 7.87. The van der Waals surface area contributed by atoms with E-state index in [-0.39, 0.29) is 0 Å². The molecule has 0 atom stereocenters. The molecule has 0 aliphatic heterocycles. The minimum atomic E-state index is 0.899. The van der Waals surface area contributed by atoms with Gasteiger partial charge in [-0.2, -0.15) is 0 Å². The van der Waals surface area contributed by atoms with Crippen molar-refractivity contribution in [2.75, 3.05) is 7.11 Å². The molecule has 0 unspecified atom stereocenters. The maximum absolute atomic E-state index is 5.15. The largest absolute Gasteiger partial charge is 0.497 e. The summed E-state index contributed by atoms with van der Waals surface area (Å²) >= 11 is 0. The van der Waals surface area contributed by atoms with Gasteiger partial charge in [-0.25, -0.2) is 0 Å². The Hall–Kier alpha value is -1.50. The van der Waals surface area contributed by atoms with Crippen molar-refractivity contribution in [3.8, 4) is 16.9 Å². The van der Waals surface area contributed by atoms with E-state index in [9.17, 15) is 0 Å². The van der Waals surface area contributed by atoms with E-state index in [4.69, 9.17) is 4.74 Å². The van der Waals surface area contributed by atoms with Crippen LogP contribution < -0.4 is 4.74 Å². The lowest BCUT2D eigenvalue weighted by atomic mass is 10.1. The van der Waals surface area contributed by atoms with Crippen molar-refractivity contribution < 1.29 is 4.74 Å². The van der Waals surface area contributed by atoms with Crippen LogP contribution in [0, 0.1) is 6.92 Å². The highest BCUT2D eigenvalue weighted by Crippen LogP contribution is 2.27. The topological polar surface area (TPSA) is 9.23 Å². The molecule has 1 nitrogen and oxygen atoms in total. The van der Waals surface area contributed by atoms with Crippen LogP contribution in [0.1, 0.15) is 5.56 Å². The molecule has 0 saturated carbocycles. The van der Waals surface area contributed by atoms with Gasteiger partial charge < -0.3 is 4.74 Å². The first-order valence-corrected chi connectivity index (χ1v) is 4.34. The van der Waals surface area contributed by atoms with E-state index in [0.717, 1.165) is 5.75 Å². The van der Waals surface area contributed by atoms with Crippen molar-refractivity contribution in [2.45, 2.75) is 6.92 Å². The maximum Gasteiger partial charge on any atom is 0.118 e. The summed E-state index contributed by atoms with van der Waals surface area (Å²) in [7, 11) is 1.69. The Morgan fingerprint density at radius 3 is 2.38 bits per heavy atom. The average molecular weight is 172 g/mol. The number of hydrogen-bond acceptors (Lipinski definition) is 1. The summed E-state index contributed by atoms with van der Waals surface area (Å²) in [5.41, 5.74) is 3.87. The van der Waals surface area contributed by atoms with Crippen LogP contribution in [0.25, 0.3) is 11.1 Å². The minimum absolute atomic E-state index is 0.899. The Morgan fingerprint density at radius 2 is 1.62 bits per heavy atom. The van der Waals surface area contributed by atoms with Crippen LogP contribution in [0.4, 0.5) is 0 Å². The van der Waals surface area contributed by atoms with Crippen molar-refractivity contribution in [3.05, 3.63) is 42.0 Å². The zero-order valence-electron chi connectivity index (χ0n) is 7.87. The van der Waals surface area contributed by atoms with Gasteiger partial charge in [-0.1, -0.05) is 24.3 Å². The molecule has 0 radical (unpaired) electrons. The fourth-order valence-electron chi connectivity index (χ4n) is 1.52. The summed E-state index contributed by atoms with van der Waals surface area (Å²) in [6.45, 7) is 2.12. The first-order valence-electron chi connectivity index (χ1n) is 4.34. The van der Waals surface area contributed by atoms with Gasteiger partial charge in [-0.15, -0.1) is 0 Å². The molecule has 66 valence electrons. The lowest BCUT2D eigenvalue weighted by molar-refractivity contribution is 0.415. The number of hydrogen-bond donors (Lipinski definition) is 0. The first kappa shape index (κ1) is 8.11. The van der Waals surface area contributed by atoms with Crippen LogP contribution in [0.2, 0.25) is 0 Å². The van der Waals surface area contributed by atoms with E-state index in [1.807, 2.05) is 12.1 Å². The van der Waals surface area contributed by atoms with E-state index < -0.39 is 0 Å². The van der Waals surface area contributed by atoms with Gasteiger partial charge >= 0.3 is 0 Å². The predicted octanol–water partition coefficient (Wildman–Crippen LogP) is 3.11. The Kier molecular flexibility index (Phi) is 1.93. The summed E-state index contributed by atoms with van der Waals surface area (Å²) in [4.78, 5) is 0. The quantitative estimate of drug-likeness (QED) is 0.642. The van der Waals surface area contributed by atoms with Crippen molar-refractivity contribution in [3.63, 3.8) is 0 Å². The van der Waals surface area contributed by atoms with Gasteiger partial charge in [-0.3, -0.25) is 0 Å². The van der Waals surface area contributed by atoms with Crippen LogP contribution >= 0.6 is 0 Å². The van der Waals surface area contributed by atoms with E-state index in [1.54, 1.807) is 7.11 Å². The average Bonchev–Trinajstić information content (AvgIpc) is 2.38. The molecule has 13 heavy (non-hydrogen) atoms. The second-order valence-corrected chi connectivity index (χ2v) is 3.16. The van der Waals surface area contributed by atoms with Crippen LogP contribution in [0.5, 0.6) is 5.75 Å². The lowest BCUT2D eigenvalue weighted by Gasteiger charge is -1.91. The molecule has 0 heterocycles. The first-order chi connectivity index (χ1) is 6.31. The smallest absolute Gasteiger partial charge is 0.118 e. The highest BCUT2D eigenvalue weighted by Gasteiger charge is 2.03. The standard InChI is InChI=1S/C12H12O/c1-9-3-4-10-5-6-11(13-2)7-8-12(9)10/h3-8H,1-2H3. The number of rotatable bonds is 1. The molecule has 0 aromatic carbocycles. The third-order valence-electron chi connectivity index (χ3n) is 2.33. The number of ether oxygens (including phenoxy) is 1. The van der Waals surface area contributed by atoms with E-state index >= 15 is 0 Å². The molecular weight excluding hydrogens is 160 g/mol. The normalized spacial score (nSPS) is 10.3. The van der Waals surface area contributed by atoms with E-state index in [0.29, 0.717) is 0 Å². The van der Waals surface area contributed by atoms with Gasteiger partial charge in [0.05, 0.1) is 7.11 Å². The van der Waals surface area contributed by atoms with E-state index in [2.05, 4.69) is 31.2 Å². The molecule has 0 aromatic heterocycles. The van der Waals surface area contributed by atoms with Crippen molar-refractivity contribution in [1.82, 2.24) is 0 Å². The number of methoxy groups -OCH3 is 1. The summed E-state index contributed by atoms with van der Waals surface area (Å²) in [5, 5.41) is 0. The molecule has 0 amide bonds. The van der Waals surface area contributed by atoms with Crippen molar-refractivity contribution in [2.24, 2.45) is 0 Å². The summed E-state index contributed by atoms with van der Waals surface area (Å²) in [6.07, 6.45) is 0. The van der Waals surface area contributed by atoms with Gasteiger partial charge in [0.15, 0.2) is 0 Å². The Labute approximate surface area is 78.3 Å². The third kappa shape index (κ3) is 1.37. The summed E-state index contributed by atoms with van der Waals surface area (Å²) in [5.74, 6) is 0.899. The number of aryl methyl sites for hydroxylation is 1. The lowest BCUT2D eigenvalue weighted by Crippen LogP contribution is -1.76. The van der Waals surface area contributed by atoms with Gasteiger partial charge in [0.2, 0.25) is 0 Å². The molecule has 2 rings (SSSR count). The molecule has 0 fully saturated rings. The molecule has 0 spiro atoms. The predicted molar refractivity (Wildman–Crippen MR) is 54.4 cm³/mol. The SMILES string of the molecule is COc1ccc2ccc(C)c-2cc1. The Morgan fingerprint density at radius 1 is 0.923 bits per heavy atom. The third-order valence-corrected chi connectivity index (χ3v) is 2.33.